The molecule has 0 saturated heterocycles. The lowest BCUT2D eigenvalue weighted by Crippen LogP contribution is -2.31. The summed E-state index contributed by atoms with van der Waals surface area (Å²) in [5.74, 6) is -0.412. The monoisotopic (exact) mass is 223 g/mol. The fraction of sp³-hybridized carbons (Fsp3) is 0.200. The summed E-state index contributed by atoms with van der Waals surface area (Å²) in [6.45, 7) is -0.270. The molecule has 16 heavy (non-hydrogen) atoms. The fourth-order valence-corrected chi connectivity index (χ4v) is 1.16. The number of carbonyl (C=O) groups is 2. The Morgan fingerprint density at radius 1 is 1.25 bits per heavy atom. The molecule has 0 saturated carbocycles. The fourth-order valence-electron chi connectivity index (χ4n) is 1.16. The lowest BCUT2D eigenvalue weighted by molar-refractivity contribution is -0.115. The van der Waals surface area contributed by atoms with Crippen molar-refractivity contribution in [2.24, 2.45) is 0 Å². The zero-order valence-electron chi connectivity index (χ0n) is 8.78. The van der Waals surface area contributed by atoms with Gasteiger partial charge in [-0.25, -0.2) is 4.79 Å². The molecule has 0 heterocycles. The van der Waals surface area contributed by atoms with Gasteiger partial charge in [0.2, 0.25) is 5.91 Å². The van der Waals surface area contributed by atoms with Crippen molar-refractivity contribution in [1.82, 2.24) is 5.32 Å². The molecule has 6 heteroatoms. The molecule has 1 rings (SSSR count). The summed E-state index contributed by atoms with van der Waals surface area (Å²) in [6.07, 6.45) is -1.22. The molecule has 1 aromatic rings. The Labute approximate surface area is 92.7 Å². The molecule has 0 aliphatic heterocycles. The molecular weight excluding hydrogens is 210 g/mol. The van der Waals surface area contributed by atoms with E-state index in [0.29, 0.717) is 5.69 Å². The van der Waals surface area contributed by atoms with E-state index in [2.05, 4.69) is 10.6 Å². The van der Waals surface area contributed by atoms with E-state index in [1.54, 1.807) is 25.2 Å². The molecule has 0 bridgehead atoms. The van der Waals surface area contributed by atoms with Crippen LogP contribution in [0, 0.1) is 0 Å². The Balaban J connectivity index is 2.58. The number of nitrogens with one attached hydrogen (secondary N) is 3. The largest absolute Gasteiger partial charge is 0.465 e. The molecule has 0 atom stereocenters. The molecule has 1 aromatic carbocycles. The molecule has 2 amide bonds. The van der Waals surface area contributed by atoms with Gasteiger partial charge in [-0.05, 0) is 12.1 Å². The van der Waals surface area contributed by atoms with Crippen molar-refractivity contribution in [2.45, 2.75) is 0 Å². The van der Waals surface area contributed by atoms with Crippen molar-refractivity contribution < 1.29 is 14.7 Å². The lowest BCUT2D eigenvalue weighted by Gasteiger charge is -2.10. The van der Waals surface area contributed by atoms with Gasteiger partial charge in [-0.3, -0.25) is 4.79 Å². The molecule has 0 spiro atoms. The van der Waals surface area contributed by atoms with Gasteiger partial charge in [-0.15, -0.1) is 0 Å². The van der Waals surface area contributed by atoms with Crippen LogP contribution < -0.4 is 16.0 Å². The number of para-hydroxylation sites is 2. The van der Waals surface area contributed by atoms with E-state index >= 15 is 0 Å². The number of hydrogen-bond donors (Lipinski definition) is 4. The normalized spacial score (nSPS) is 9.31. The zero-order valence-corrected chi connectivity index (χ0v) is 8.78. The number of carbonyl (C=O) groups excluding carboxylic acids is 1. The highest BCUT2D eigenvalue weighted by Gasteiger charge is 2.06. The van der Waals surface area contributed by atoms with Crippen molar-refractivity contribution in [2.75, 3.05) is 24.2 Å². The van der Waals surface area contributed by atoms with Gasteiger partial charge in [-0.2, -0.15) is 0 Å². The van der Waals surface area contributed by atoms with Crippen LogP contribution in [0.3, 0.4) is 0 Å². The van der Waals surface area contributed by atoms with Gasteiger partial charge in [0, 0.05) is 7.05 Å². The van der Waals surface area contributed by atoms with Crippen molar-refractivity contribution in [3.05, 3.63) is 24.3 Å². The van der Waals surface area contributed by atoms with Crippen molar-refractivity contribution in [3.63, 3.8) is 0 Å². The standard InChI is InChI=1S/C10H13N3O3/c1-11-7-4-2-3-5-8(7)13-9(14)6-12-10(15)16/h2-5,11-12H,6H2,1H3,(H,13,14)(H,15,16). The minimum atomic E-state index is -1.22. The highest BCUT2D eigenvalue weighted by atomic mass is 16.4. The molecule has 0 aliphatic carbocycles. The summed E-state index contributed by atoms with van der Waals surface area (Å²) in [5, 5.41) is 15.8. The average molecular weight is 223 g/mol. The van der Waals surface area contributed by atoms with Crippen molar-refractivity contribution in [1.29, 1.82) is 0 Å². The van der Waals surface area contributed by atoms with Crippen LogP contribution in [0.5, 0.6) is 0 Å². The SMILES string of the molecule is CNc1ccccc1NC(=O)CNC(=O)O. The summed E-state index contributed by atoms with van der Waals surface area (Å²) in [5.41, 5.74) is 1.38. The van der Waals surface area contributed by atoms with Crippen LogP contribution in [0.2, 0.25) is 0 Å². The second-order valence-corrected chi connectivity index (χ2v) is 3.00. The second kappa shape index (κ2) is 5.59. The number of benzene rings is 1. The first-order valence-corrected chi connectivity index (χ1v) is 4.67. The van der Waals surface area contributed by atoms with Crippen molar-refractivity contribution in [3.8, 4) is 0 Å². The molecule has 0 fully saturated rings. The predicted molar refractivity (Wildman–Crippen MR) is 60.6 cm³/mol. The molecule has 0 aromatic heterocycles. The molecule has 0 unspecified atom stereocenters. The third-order valence-electron chi connectivity index (χ3n) is 1.87. The van der Waals surface area contributed by atoms with E-state index < -0.39 is 12.0 Å². The van der Waals surface area contributed by atoms with E-state index in [1.807, 2.05) is 11.4 Å². The highest BCUT2D eigenvalue weighted by Crippen LogP contribution is 2.19. The number of hydrogen-bond acceptors (Lipinski definition) is 3. The summed E-state index contributed by atoms with van der Waals surface area (Å²) >= 11 is 0. The predicted octanol–water partition coefficient (Wildman–Crippen LogP) is 0.934. The molecule has 0 radical (unpaired) electrons. The van der Waals surface area contributed by atoms with Crippen LogP contribution in [0.25, 0.3) is 0 Å². The lowest BCUT2D eigenvalue weighted by atomic mass is 10.2. The van der Waals surface area contributed by atoms with E-state index in [4.69, 9.17) is 5.11 Å². The first kappa shape index (κ1) is 11.8. The van der Waals surface area contributed by atoms with Crippen LogP contribution >= 0.6 is 0 Å². The first-order chi connectivity index (χ1) is 7.63. The van der Waals surface area contributed by atoms with Crippen LogP contribution in [0.4, 0.5) is 16.2 Å². The Bertz CT molecular complexity index is 393. The maximum atomic E-state index is 11.3. The van der Waals surface area contributed by atoms with Crippen LogP contribution in [0.15, 0.2) is 24.3 Å². The van der Waals surface area contributed by atoms with Gasteiger partial charge in [-0.1, -0.05) is 12.1 Å². The van der Waals surface area contributed by atoms with Crippen LogP contribution in [-0.2, 0) is 4.79 Å². The topological polar surface area (TPSA) is 90.5 Å². The van der Waals surface area contributed by atoms with Gasteiger partial charge in [0.25, 0.3) is 0 Å². The number of rotatable bonds is 4. The summed E-state index contributed by atoms with van der Waals surface area (Å²) in [6, 6.07) is 7.14. The van der Waals surface area contributed by atoms with Gasteiger partial charge >= 0.3 is 6.09 Å². The third kappa shape index (κ3) is 3.49. The number of amides is 2. The maximum absolute atomic E-state index is 11.3. The number of carboxylic acid groups (broad SMARTS) is 1. The molecule has 4 N–H and O–H groups in total. The summed E-state index contributed by atoms with van der Waals surface area (Å²) < 4.78 is 0. The van der Waals surface area contributed by atoms with Crippen LogP contribution in [0.1, 0.15) is 0 Å². The molecular formula is C10H13N3O3. The maximum Gasteiger partial charge on any atom is 0.405 e. The Morgan fingerprint density at radius 2 is 1.88 bits per heavy atom. The van der Waals surface area contributed by atoms with Crippen molar-refractivity contribution >= 4 is 23.4 Å². The summed E-state index contributed by atoms with van der Waals surface area (Å²) in [4.78, 5) is 21.5. The van der Waals surface area contributed by atoms with E-state index in [0.717, 1.165) is 5.69 Å². The van der Waals surface area contributed by atoms with Crippen LogP contribution in [-0.4, -0.2) is 30.7 Å². The minimum absolute atomic E-state index is 0.270. The minimum Gasteiger partial charge on any atom is -0.465 e. The Morgan fingerprint density at radius 3 is 2.44 bits per heavy atom. The molecule has 0 aliphatic rings. The highest BCUT2D eigenvalue weighted by molar-refractivity contribution is 5.96. The first-order valence-electron chi connectivity index (χ1n) is 4.67. The Kier molecular flexibility index (Phi) is 4.14. The number of anilines is 2. The quantitative estimate of drug-likeness (QED) is 0.611. The van der Waals surface area contributed by atoms with Gasteiger partial charge in [0.1, 0.15) is 6.54 Å². The smallest absolute Gasteiger partial charge is 0.405 e. The van der Waals surface area contributed by atoms with E-state index in [-0.39, 0.29) is 6.54 Å². The molecule has 6 nitrogen and oxygen atoms in total. The van der Waals surface area contributed by atoms with E-state index in [1.165, 1.54) is 0 Å². The Hall–Kier alpha value is -2.24. The van der Waals surface area contributed by atoms with E-state index in [9.17, 15) is 9.59 Å². The summed E-state index contributed by atoms with van der Waals surface area (Å²) in [7, 11) is 1.74. The molecule has 86 valence electrons. The third-order valence-corrected chi connectivity index (χ3v) is 1.87. The average Bonchev–Trinajstić information content (AvgIpc) is 2.27. The van der Waals surface area contributed by atoms with Gasteiger partial charge < -0.3 is 21.1 Å². The zero-order chi connectivity index (χ0) is 12.0. The van der Waals surface area contributed by atoms with Gasteiger partial charge in [0.15, 0.2) is 0 Å². The second-order valence-electron chi connectivity index (χ2n) is 3.00. The van der Waals surface area contributed by atoms with Gasteiger partial charge in [0.05, 0.1) is 11.4 Å².